The fraction of sp³-hybridized carbons (Fsp3) is 0.619. The average molecular weight is 480 g/mol. The Balaban J connectivity index is 2.21. The lowest BCUT2D eigenvalue weighted by molar-refractivity contribution is -0.263. The second-order valence-corrected chi connectivity index (χ2v) is 7.64. The number of allylic oxidation sites excluding steroid dienone is 8. The first-order valence-electron chi connectivity index (χ1n) is 9.95. The number of alkyl halides is 10. The number of hydrogen-bond acceptors (Lipinski definition) is 1. The topological polar surface area (TPSA) is 9.23 Å². The molecule has 0 aromatic heterocycles. The Labute approximate surface area is 178 Å². The molecule has 0 bridgehead atoms. The maximum Gasteiger partial charge on any atom is 0.398 e. The van der Waals surface area contributed by atoms with Crippen LogP contribution in [0.1, 0.15) is 52.4 Å². The van der Waals surface area contributed by atoms with Crippen LogP contribution in [0.4, 0.5) is 43.9 Å². The minimum atomic E-state index is -5.10. The Morgan fingerprint density at radius 2 is 1.00 bits per heavy atom. The minimum Gasteiger partial charge on any atom is -0.430 e. The number of halogens is 10. The van der Waals surface area contributed by atoms with Gasteiger partial charge >= 0.3 is 29.8 Å². The van der Waals surface area contributed by atoms with Crippen LogP contribution in [0.15, 0.2) is 46.8 Å². The summed E-state index contributed by atoms with van der Waals surface area (Å²) in [4.78, 5) is 0. The molecule has 1 nitrogen and oxygen atoms in total. The molecule has 2 aliphatic carbocycles. The summed E-state index contributed by atoms with van der Waals surface area (Å²) in [5.41, 5.74) is -3.17. The molecule has 0 amide bonds. The van der Waals surface area contributed by atoms with Crippen molar-refractivity contribution in [3.8, 4) is 0 Å². The summed E-state index contributed by atoms with van der Waals surface area (Å²) in [6, 6.07) is 0. The number of hydrogen-bond donors (Lipinski definition) is 0. The Hall–Kier alpha value is -1.94. The molecular weight excluding hydrogens is 458 g/mol. The van der Waals surface area contributed by atoms with Gasteiger partial charge in [-0.15, -0.1) is 0 Å². The maximum absolute atomic E-state index is 14.2. The zero-order chi connectivity index (χ0) is 24.6. The van der Waals surface area contributed by atoms with Crippen molar-refractivity contribution in [2.75, 3.05) is 0 Å². The van der Waals surface area contributed by atoms with Crippen LogP contribution in [0.25, 0.3) is 0 Å². The van der Waals surface area contributed by atoms with Gasteiger partial charge in [-0.1, -0.05) is 44.9 Å². The highest BCUT2D eigenvalue weighted by atomic mass is 19.3. The molecule has 0 aromatic rings. The maximum atomic E-state index is 14.2. The predicted molar refractivity (Wildman–Crippen MR) is 97.2 cm³/mol. The van der Waals surface area contributed by atoms with E-state index in [-0.39, 0.29) is 25.3 Å². The molecule has 11 heteroatoms. The van der Waals surface area contributed by atoms with E-state index in [0.717, 1.165) is 0 Å². The SMILES string of the molecule is CCCC1=CC=C(CCC(F)(F)OC2=CC=C(CCC)C(F)(F)C2(F)F)C(F)(F)C1(F)F. The minimum absolute atomic E-state index is 0.0973. The van der Waals surface area contributed by atoms with E-state index in [1.54, 1.807) is 0 Å². The van der Waals surface area contributed by atoms with Crippen molar-refractivity contribution in [2.24, 2.45) is 0 Å². The van der Waals surface area contributed by atoms with Crippen LogP contribution < -0.4 is 0 Å². The van der Waals surface area contributed by atoms with Gasteiger partial charge in [0.25, 0.3) is 0 Å². The van der Waals surface area contributed by atoms with Gasteiger partial charge in [-0.05, 0) is 25.3 Å². The molecule has 32 heavy (non-hydrogen) atoms. The van der Waals surface area contributed by atoms with Crippen LogP contribution in [0, 0.1) is 0 Å². The molecule has 0 unspecified atom stereocenters. The van der Waals surface area contributed by atoms with Gasteiger partial charge < -0.3 is 4.74 Å². The lowest BCUT2D eigenvalue weighted by Crippen LogP contribution is -2.47. The van der Waals surface area contributed by atoms with E-state index in [9.17, 15) is 43.9 Å². The zero-order valence-electron chi connectivity index (χ0n) is 17.2. The van der Waals surface area contributed by atoms with E-state index < -0.39 is 71.5 Å². The Morgan fingerprint density at radius 1 is 0.625 bits per heavy atom. The third-order valence-corrected chi connectivity index (χ3v) is 5.21. The second-order valence-electron chi connectivity index (χ2n) is 7.64. The van der Waals surface area contributed by atoms with E-state index in [1.165, 1.54) is 13.8 Å². The van der Waals surface area contributed by atoms with Crippen molar-refractivity contribution >= 4 is 0 Å². The Morgan fingerprint density at radius 3 is 1.44 bits per heavy atom. The van der Waals surface area contributed by atoms with Crippen molar-refractivity contribution in [3.05, 3.63) is 46.8 Å². The van der Waals surface area contributed by atoms with E-state index >= 15 is 0 Å². The molecule has 0 aromatic carbocycles. The molecular formula is C21H22F10O. The van der Waals surface area contributed by atoms with Gasteiger partial charge in [0, 0.05) is 16.7 Å². The number of ether oxygens (including phenoxy) is 1. The van der Waals surface area contributed by atoms with Gasteiger partial charge in [0.1, 0.15) is 0 Å². The smallest absolute Gasteiger partial charge is 0.398 e. The van der Waals surface area contributed by atoms with Crippen LogP contribution >= 0.6 is 0 Å². The third-order valence-electron chi connectivity index (χ3n) is 5.21. The summed E-state index contributed by atoms with van der Waals surface area (Å²) in [5.74, 6) is -21.3. The van der Waals surface area contributed by atoms with Crippen LogP contribution in [0.3, 0.4) is 0 Å². The van der Waals surface area contributed by atoms with Crippen molar-refractivity contribution in [1.82, 2.24) is 0 Å². The summed E-state index contributed by atoms with van der Waals surface area (Å²) in [6.45, 7) is 2.95. The first-order chi connectivity index (χ1) is 14.5. The van der Waals surface area contributed by atoms with Gasteiger partial charge in [0.2, 0.25) is 0 Å². The van der Waals surface area contributed by atoms with Gasteiger partial charge in [-0.3, -0.25) is 0 Å². The van der Waals surface area contributed by atoms with E-state index in [2.05, 4.69) is 4.74 Å². The van der Waals surface area contributed by atoms with E-state index in [1.807, 2.05) is 0 Å². The molecule has 0 saturated heterocycles. The lowest BCUT2D eigenvalue weighted by Gasteiger charge is -2.35. The quantitative estimate of drug-likeness (QED) is 0.302. The average Bonchev–Trinajstić information content (AvgIpc) is 2.66. The molecule has 182 valence electrons. The predicted octanol–water partition coefficient (Wildman–Crippen LogP) is 8.21. The normalized spacial score (nSPS) is 23.6. The van der Waals surface area contributed by atoms with Crippen molar-refractivity contribution in [2.45, 2.75) is 82.2 Å². The molecule has 2 aliphatic rings. The second kappa shape index (κ2) is 8.78. The van der Waals surface area contributed by atoms with Crippen LogP contribution in [0.2, 0.25) is 0 Å². The van der Waals surface area contributed by atoms with Gasteiger partial charge in [0.05, 0.1) is 6.42 Å². The molecule has 0 heterocycles. The van der Waals surface area contributed by atoms with Crippen molar-refractivity contribution < 1.29 is 48.6 Å². The first-order valence-corrected chi connectivity index (χ1v) is 9.95. The summed E-state index contributed by atoms with van der Waals surface area (Å²) >= 11 is 0. The van der Waals surface area contributed by atoms with Gasteiger partial charge in [-0.25, -0.2) is 0 Å². The first kappa shape index (κ1) is 26.3. The standard InChI is InChI=1S/C21H22F10O/c1-3-5-13-7-8-15(19(26,27)18(13,24)25)11-12-17(22,23)32-16-10-9-14(6-4-2)20(28,29)21(16,30)31/h7-10H,3-6,11-12H2,1-2H3. The Bertz CT molecular complexity index is 834. The monoisotopic (exact) mass is 480 g/mol. The summed E-state index contributed by atoms with van der Waals surface area (Å²) in [6.07, 6.45) is -6.01. The molecule has 0 atom stereocenters. The highest BCUT2D eigenvalue weighted by Gasteiger charge is 2.65. The highest BCUT2D eigenvalue weighted by Crippen LogP contribution is 2.52. The fourth-order valence-corrected chi connectivity index (χ4v) is 3.41. The van der Waals surface area contributed by atoms with E-state index in [0.29, 0.717) is 18.2 Å². The van der Waals surface area contributed by atoms with Crippen LogP contribution in [-0.2, 0) is 4.74 Å². The molecule has 0 saturated carbocycles. The van der Waals surface area contributed by atoms with E-state index in [4.69, 9.17) is 0 Å². The molecule has 2 rings (SSSR count). The summed E-state index contributed by atoms with van der Waals surface area (Å²) in [5, 5.41) is 0. The highest BCUT2D eigenvalue weighted by molar-refractivity contribution is 5.38. The molecule has 0 spiro atoms. The van der Waals surface area contributed by atoms with Crippen molar-refractivity contribution in [3.63, 3.8) is 0 Å². The fourth-order valence-electron chi connectivity index (χ4n) is 3.41. The number of rotatable bonds is 9. The molecule has 0 aliphatic heterocycles. The van der Waals surface area contributed by atoms with Gasteiger partial charge in [-0.2, -0.15) is 43.9 Å². The lowest BCUT2D eigenvalue weighted by atomic mass is 9.86. The summed E-state index contributed by atoms with van der Waals surface area (Å²) < 4.78 is 145. The Kier molecular flexibility index (Phi) is 7.22. The zero-order valence-corrected chi connectivity index (χ0v) is 17.2. The third kappa shape index (κ3) is 4.57. The van der Waals surface area contributed by atoms with Gasteiger partial charge in [0.15, 0.2) is 5.76 Å². The molecule has 0 fully saturated rings. The summed E-state index contributed by atoms with van der Waals surface area (Å²) in [7, 11) is 0. The van der Waals surface area contributed by atoms with Crippen molar-refractivity contribution in [1.29, 1.82) is 0 Å². The van der Waals surface area contributed by atoms with Crippen LogP contribution in [-0.4, -0.2) is 29.8 Å². The molecule has 0 radical (unpaired) electrons. The molecule has 0 N–H and O–H groups in total. The van der Waals surface area contributed by atoms with Crippen LogP contribution in [0.5, 0.6) is 0 Å². The largest absolute Gasteiger partial charge is 0.430 e.